The molecule has 33 heavy (non-hydrogen) atoms. The summed E-state index contributed by atoms with van der Waals surface area (Å²) in [6.45, 7) is 9.16. The van der Waals surface area contributed by atoms with Gasteiger partial charge in [-0.2, -0.15) is 0 Å². The van der Waals surface area contributed by atoms with Crippen LogP contribution in [0.5, 0.6) is 5.88 Å². The number of sulfone groups is 1. The van der Waals surface area contributed by atoms with Crippen molar-refractivity contribution in [2.45, 2.75) is 74.9 Å². The van der Waals surface area contributed by atoms with Gasteiger partial charge in [0, 0.05) is 0 Å². The largest absolute Gasteiger partial charge is 0.458 e. The van der Waals surface area contributed by atoms with Gasteiger partial charge in [-0.15, -0.1) is 0 Å². The highest BCUT2D eigenvalue weighted by Gasteiger charge is 2.44. The molecule has 13 heteroatoms. The number of nitrogens with zero attached hydrogens (tertiary/aromatic N) is 2. The molecule has 0 unspecified atom stereocenters. The number of aromatic nitrogens is 2. The van der Waals surface area contributed by atoms with Gasteiger partial charge >= 0.3 is 22.8 Å². The van der Waals surface area contributed by atoms with Crippen molar-refractivity contribution in [2.75, 3.05) is 0 Å². The van der Waals surface area contributed by atoms with Gasteiger partial charge in [-0.3, -0.25) is 4.63 Å². The zero-order valence-corrected chi connectivity index (χ0v) is 19.8. The second-order valence-electron chi connectivity index (χ2n) is 8.91. The van der Waals surface area contributed by atoms with Gasteiger partial charge in [0.25, 0.3) is 9.84 Å². The Kier molecular flexibility index (Phi) is 7.39. The second-order valence-corrected chi connectivity index (χ2v) is 10.8. The predicted octanol–water partition coefficient (Wildman–Crippen LogP) is 0.932. The molecule has 0 radical (unpaired) electrons. The topological polar surface area (TPSA) is 169 Å². The summed E-state index contributed by atoms with van der Waals surface area (Å²) in [6.07, 6.45) is -4.38. The van der Waals surface area contributed by atoms with E-state index < -0.39 is 61.0 Å². The van der Waals surface area contributed by atoms with Crippen LogP contribution in [-0.4, -0.2) is 54.0 Å². The second kappa shape index (κ2) is 9.35. The fourth-order valence-electron chi connectivity index (χ4n) is 2.43. The van der Waals surface area contributed by atoms with Crippen molar-refractivity contribution in [3.63, 3.8) is 0 Å². The Bertz CT molecular complexity index is 1100. The van der Waals surface area contributed by atoms with Crippen LogP contribution in [0.1, 0.15) is 41.5 Å². The van der Waals surface area contributed by atoms with E-state index in [0.29, 0.717) is 0 Å². The van der Waals surface area contributed by atoms with Crippen LogP contribution in [0.2, 0.25) is 0 Å². The molecular formula is C20H26N2O10S. The Morgan fingerprint density at radius 2 is 1.55 bits per heavy atom. The van der Waals surface area contributed by atoms with Crippen LogP contribution in [0.15, 0.2) is 44.9 Å². The Morgan fingerprint density at radius 1 is 1.03 bits per heavy atom. The summed E-state index contributed by atoms with van der Waals surface area (Å²) in [6, 6.07) is 6.84. The number of carbonyl (C=O) groups excluding carboxylic acids is 2. The van der Waals surface area contributed by atoms with Crippen LogP contribution in [0.3, 0.4) is 0 Å². The minimum Gasteiger partial charge on any atom is -0.458 e. The minimum atomic E-state index is -4.52. The van der Waals surface area contributed by atoms with E-state index in [1.165, 1.54) is 65.8 Å². The van der Waals surface area contributed by atoms with Crippen LogP contribution in [0, 0.1) is 5.21 Å². The van der Waals surface area contributed by atoms with Gasteiger partial charge in [0.2, 0.25) is 6.10 Å². The highest BCUT2D eigenvalue weighted by Crippen LogP contribution is 2.27. The summed E-state index contributed by atoms with van der Waals surface area (Å²) in [4.78, 5) is 24.4. The quantitative estimate of drug-likeness (QED) is 0.436. The van der Waals surface area contributed by atoms with E-state index in [-0.39, 0.29) is 4.90 Å². The Morgan fingerprint density at radius 3 is 2.06 bits per heavy atom. The van der Waals surface area contributed by atoms with E-state index in [4.69, 9.17) is 14.2 Å². The molecule has 2 rings (SSSR count). The van der Waals surface area contributed by atoms with Gasteiger partial charge in [0.1, 0.15) is 11.2 Å². The van der Waals surface area contributed by atoms with Crippen molar-refractivity contribution >= 4 is 21.8 Å². The summed E-state index contributed by atoms with van der Waals surface area (Å²) < 4.78 is 45.7. The highest BCUT2D eigenvalue weighted by molar-refractivity contribution is 7.91. The number of rotatable bonds is 7. The standard InChI is InChI=1S/C20H26N2O10S/c1-19(2,3)30-17(24)13(23)14(18(25)31-20(4,5)6)29-15-16(22(26)32-21-15)33(27,28)12-10-8-7-9-11-12/h7-11,13-14,23H,1-6H3/t13-,14-/m1/s1. The van der Waals surface area contributed by atoms with Crippen molar-refractivity contribution in [1.82, 2.24) is 5.16 Å². The molecule has 0 aliphatic carbocycles. The lowest BCUT2D eigenvalue weighted by Gasteiger charge is -2.27. The van der Waals surface area contributed by atoms with Gasteiger partial charge in [-0.05, 0) is 58.6 Å². The molecule has 1 heterocycles. The lowest BCUT2D eigenvalue weighted by molar-refractivity contribution is -0.832. The van der Waals surface area contributed by atoms with E-state index in [2.05, 4.69) is 9.79 Å². The maximum Gasteiger partial charge on any atom is 0.415 e. The molecule has 0 spiro atoms. The Labute approximate surface area is 190 Å². The molecule has 12 nitrogen and oxygen atoms in total. The van der Waals surface area contributed by atoms with E-state index >= 15 is 0 Å². The third-order valence-electron chi connectivity index (χ3n) is 3.67. The van der Waals surface area contributed by atoms with E-state index in [1.807, 2.05) is 0 Å². The summed E-state index contributed by atoms with van der Waals surface area (Å²) >= 11 is 0. The van der Waals surface area contributed by atoms with Crippen LogP contribution in [-0.2, 0) is 28.9 Å². The summed E-state index contributed by atoms with van der Waals surface area (Å²) in [7, 11) is -4.52. The van der Waals surface area contributed by atoms with Gasteiger partial charge in [0.05, 0.1) is 10.1 Å². The molecule has 1 aromatic heterocycles. The van der Waals surface area contributed by atoms with E-state index in [9.17, 15) is 28.3 Å². The van der Waals surface area contributed by atoms with E-state index in [0.717, 1.165) is 0 Å². The number of aliphatic hydroxyl groups excluding tert-OH is 1. The molecular weight excluding hydrogens is 460 g/mol. The van der Waals surface area contributed by atoms with Crippen molar-refractivity contribution in [3.05, 3.63) is 35.5 Å². The fourth-order valence-corrected chi connectivity index (χ4v) is 3.72. The molecule has 1 N–H and O–H groups in total. The number of esters is 2. The molecule has 182 valence electrons. The minimum absolute atomic E-state index is 0.288. The summed E-state index contributed by atoms with van der Waals surface area (Å²) in [5.74, 6) is -3.43. The zero-order valence-electron chi connectivity index (χ0n) is 19.0. The maximum absolute atomic E-state index is 12.9. The summed E-state index contributed by atoms with van der Waals surface area (Å²) in [5, 5.41) is 24.7. The first kappa shape index (κ1) is 26.1. The molecule has 0 bridgehead atoms. The molecule has 0 amide bonds. The third kappa shape index (κ3) is 6.65. The van der Waals surface area contributed by atoms with Crippen LogP contribution in [0.25, 0.3) is 0 Å². The maximum atomic E-state index is 12.9. The van der Waals surface area contributed by atoms with E-state index in [1.54, 1.807) is 6.07 Å². The van der Waals surface area contributed by atoms with Crippen molar-refractivity contribution in [2.24, 2.45) is 0 Å². The lowest BCUT2D eigenvalue weighted by atomic mass is 10.1. The highest BCUT2D eigenvalue weighted by atomic mass is 32.2. The average Bonchev–Trinajstić information content (AvgIpc) is 3.04. The first-order chi connectivity index (χ1) is 15.0. The van der Waals surface area contributed by atoms with Crippen molar-refractivity contribution in [3.8, 4) is 5.88 Å². The predicted molar refractivity (Wildman–Crippen MR) is 109 cm³/mol. The molecule has 0 aliphatic heterocycles. The Balaban J connectivity index is 2.49. The van der Waals surface area contributed by atoms with Crippen LogP contribution in [0.4, 0.5) is 0 Å². The third-order valence-corrected chi connectivity index (χ3v) is 5.39. The Hall–Kier alpha value is -3.19. The molecule has 2 aromatic rings. The van der Waals surface area contributed by atoms with Gasteiger partial charge in [-0.1, -0.05) is 18.2 Å². The first-order valence-corrected chi connectivity index (χ1v) is 11.2. The van der Waals surface area contributed by atoms with Crippen LogP contribution >= 0.6 is 0 Å². The molecule has 2 atom stereocenters. The number of aliphatic hydroxyl groups is 1. The van der Waals surface area contributed by atoms with Crippen LogP contribution < -0.4 is 9.64 Å². The molecule has 1 aromatic carbocycles. The number of carbonyl (C=O) groups is 2. The molecule has 0 fully saturated rings. The summed E-state index contributed by atoms with van der Waals surface area (Å²) in [5.41, 5.74) is -2.09. The van der Waals surface area contributed by atoms with Crippen molar-refractivity contribution in [1.29, 1.82) is 0 Å². The fraction of sp³-hybridized carbons (Fsp3) is 0.500. The monoisotopic (exact) mass is 486 g/mol. The smallest absolute Gasteiger partial charge is 0.415 e. The normalized spacial score (nSPS) is 14.3. The van der Waals surface area contributed by atoms with Gasteiger partial charge < -0.3 is 24.5 Å². The zero-order chi connectivity index (χ0) is 25.2. The molecule has 0 saturated heterocycles. The lowest BCUT2D eigenvalue weighted by Crippen LogP contribution is -2.49. The van der Waals surface area contributed by atoms with Gasteiger partial charge in [0.15, 0.2) is 6.10 Å². The van der Waals surface area contributed by atoms with Crippen molar-refractivity contribution < 1.29 is 46.9 Å². The average molecular weight is 486 g/mol. The number of hydrogen-bond acceptors (Lipinski definition) is 11. The molecule has 0 saturated carbocycles. The van der Waals surface area contributed by atoms with Gasteiger partial charge in [-0.25, -0.2) is 18.0 Å². The first-order valence-electron chi connectivity index (χ1n) is 9.73. The SMILES string of the molecule is CC(C)(C)OC(=O)[C@H](O)[C@@H](Oc1no[n+]([O-])c1S(=O)(=O)c1ccccc1)C(=O)OC(C)(C)C. The number of hydrogen-bond donors (Lipinski definition) is 1. The number of benzene rings is 1. The number of ether oxygens (including phenoxy) is 3. The molecule has 0 aliphatic rings.